The monoisotopic (exact) mass is 440 g/mol. The van der Waals surface area contributed by atoms with Crippen LogP contribution in [0.5, 0.6) is 0 Å². The summed E-state index contributed by atoms with van der Waals surface area (Å²) in [5.74, 6) is -2.68. The van der Waals surface area contributed by atoms with Crippen molar-refractivity contribution in [1.29, 1.82) is 5.26 Å². The molecule has 0 spiro atoms. The first-order valence-corrected chi connectivity index (χ1v) is 10.8. The molecule has 2 aromatic carbocycles. The van der Waals surface area contributed by atoms with Gasteiger partial charge < -0.3 is 15.1 Å². The van der Waals surface area contributed by atoms with Crippen molar-refractivity contribution < 1.29 is 13.2 Å². The summed E-state index contributed by atoms with van der Waals surface area (Å²) < 4.78 is 43.2. The molecule has 4 rings (SSSR count). The van der Waals surface area contributed by atoms with Gasteiger partial charge in [-0.25, -0.2) is 13.2 Å². The van der Waals surface area contributed by atoms with Gasteiger partial charge in [0.25, 0.3) is 0 Å². The molecule has 0 amide bonds. The standard InChI is InChI=1S/C25H27F3N4/c1-16-7-10-21(20(27)12-16)30-24-18(8-9-19(26)23(24)28)17(2)32-14-25(13-29,15-32)22-6-4-5-11-31(22)3/h7-10,12,22,30H,2,4-6,11,14-15H2,1,3H3. The minimum Gasteiger partial charge on any atom is -0.368 e. The van der Waals surface area contributed by atoms with Crippen molar-refractivity contribution in [3.05, 3.63) is 65.5 Å². The summed E-state index contributed by atoms with van der Waals surface area (Å²) in [4.78, 5) is 4.16. The van der Waals surface area contributed by atoms with E-state index in [9.17, 15) is 18.4 Å². The van der Waals surface area contributed by atoms with Gasteiger partial charge in [0.15, 0.2) is 11.6 Å². The Labute approximate surface area is 186 Å². The van der Waals surface area contributed by atoms with Crippen molar-refractivity contribution in [1.82, 2.24) is 9.80 Å². The predicted octanol–water partition coefficient (Wildman–Crippen LogP) is 5.44. The van der Waals surface area contributed by atoms with Crippen LogP contribution in [0.25, 0.3) is 5.70 Å². The van der Waals surface area contributed by atoms with E-state index >= 15 is 0 Å². The Morgan fingerprint density at radius 1 is 1.16 bits per heavy atom. The molecule has 2 aliphatic heterocycles. The summed E-state index contributed by atoms with van der Waals surface area (Å²) in [7, 11) is 2.05. The van der Waals surface area contributed by atoms with E-state index in [-0.39, 0.29) is 17.4 Å². The number of nitriles is 1. The van der Waals surface area contributed by atoms with Crippen molar-refractivity contribution in [2.45, 2.75) is 32.2 Å². The van der Waals surface area contributed by atoms with Gasteiger partial charge in [0.2, 0.25) is 0 Å². The summed E-state index contributed by atoms with van der Waals surface area (Å²) in [6.45, 7) is 7.75. The zero-order chi connectivity index (χ0) is 23.0. The molecule has 1 N–H and O–H groups in total. The third kappa shape index (κ3) is 3.84. The normalized spacial score (nSPS) is 20.4. The number of rotatable bonds is 5. The Bertz CT molecular complexity index is 1090. The van der Waals surface area contributed by atoms with E-state index in [1.165, 1.54) is 18.2 Å². The van der Waals surface area contributed by atoms with Gasteiger partial charge in [-0.2, -0.15) is 5.26 Å². The molecule has 168 valence electrons. The second-order valence-electron chi connectivity index (χ2n) is 8.96. The number of likely N-dealkylation sites (tertiary alicyclic amines) is 2. The topological polar surface area (TPSA) is 42.3 Å². The van der Waals surface area contributed by atoms with Crippen LogP contribution in [0.3, 0.4) is 0 Å². The van der Waals surface area contributed by atoms with Gasteiger partial charge in [0.05, 0.1) is 17.4 Å². The highest BCUT2D eigenvalue weighted by atomic mass is 19.2. The highest BCUT2D eigenvalue weighted by Gasteiger charge is 2.51. The Morgan fingerprint density at radius 3 is 2.56 bits per heavy atom. The molecule has 2 aliphatic rings. The largest absolute Gasteiger partial charge is 0.368 e. The summed E-state index contributed by atoms with van der Waals surface area (Å²) in [5.41, 5.74) is 0.900. The average molecular weight is 441 g/mol. The van der Waals surface area contributed by atoms with Crippen molar-refractivity contribution in [3.8, 4) is 6.07 Å². The number of halogens is 3. The van der Waals surface area contributed by atoms with Crippen LogP contribution in [0.4, 0.5) is 24.5 Å². The molecule has 4 nitrogen and oxygen atoms in total. The van der Waals surface area contributed by atoms with E-state index in [2.05, 4.69) is 22.9 Å². The third-order valence-corrected chi connectivity index (χ3v) is 6.75. The van der Waals surface area contributed by atoms with Crippen molar-refractivity contribution in [2.24, 2.45) is 5.41 Å². The van der Waals surface area contributed by atoms with Gasteiger partial charge in [-0.15, -0.1) is 0 Å². The molecule has 1 atom stereocenters. The van der Waals surface area contributed by atoms with E-state index in [0.29, 0.717) is 24.4 Å². The van der Waals surface area contributed by atoms with E-state index < -0.39 is 22.9 Å². The number of hydrogen-bond acceptors (Lipinski definition) is 4. The van der Waals surface area contributed by atoms with E-state index in [1.807, 2.05) is 11.9 Å². The van der Waals surface area contributed by atoms with Crippen LogP contribution in [0.15, 0.2) is 36.9 Å². The van der Waals surface area contributed by atoms with Crippen LogP contribution >= 0.6 is 0 Å². The maximum atomic E-state index is 14.8. The fourth-order valence-electron chi connectivity index (χ4n) is 4.89. The average Bonchev–Trinajstić information content (AvgIpc) is 2.74. The summed E-state index contributed by atoms with van der Waals surface area (Å²) in [6.07, 6.45) is 3.19. The molecule has 2 heterocycles. The lowest BCUT2D eigenvalue weighted by Crippen LogP contribution is -2.64. The molecule has 7 heteroatoms. The fraction of sp³-hybridized carbons (Fsp3) is 0.400. The summed E-state index contributed by atoms with van der Waals surface area (Å²) in [6, 6.07) is 9.66. The first-order chi connectivity index (χ1) is 15.3. The van der Waals surface area contributed by atoms with E-state index in [0.717, 1.165) is 37.4 Å². The number of nitrogens with zero attached hydrogens (tertiary/aromatic N) is 3. The molecule has 1 unspecified atom stereocenters. The number of hydrogen-bond donors (Lipinski definition) is 1. The van der Waals surface area contributed by atoms with Gasteiger partial charge in [-0.3, -0.25) is 0 Å². The zero-order valence-corrected chi connectivity index (χ0v) is 18.4. The lowest BCUT2D eigenvalue weighted by molar-refractivity contribution is -0.00440. The highest BCUT2D eigenvalue weighted by molar-refractivity contribution is 5.78. The molecular weight excluding hydrogens is 413 g/mol. The molecular formula is C25H27F3N4. The van der Waals surface area contributed by atoms with E-state index in [1.54, 1.807) is 13.0 Å². The van der Waals surface area contributed by atoms with Crippen LogP contribution in [-0.4, -0.2) is 42.5 Å². The number of benzene rings is 2. The van der Waals surface area contributed by atoms with Gasteiger partial charge in [0, 0.05) is 30.4 Å². The van der Waals surface area contributed by atoms with Crippen LogP contribution in [-0.2, 0) is 0 Å². The minimum atomic E-state index is -1.09. The van der Waals surface area contributed by atoms with Crippen molar-refractivity contribution in [3.63, 3.8) is 0 Å². The van der Waals surface area contributed by atoms with Gasteiger partial charge in [-0.05, 0) is 63.2 Å². The molecule has 2 saturated heterocycles. The first-order valence-electron chi connectivity index (χ1n) is 10.8. The Hall–Kier alpha value is -2.98. The van der Waals surface area contributed by atoms with Gasteiger partial charge >= 0.3 is 0 Å². The molecule has 0 bridgehead atoms. The van der Waals surface area contributed by atoms with Crippen LogP contribution < -0.4 is 5.32 Å². The zero-order valence-electron chi connectivity index (χ0n) is 18.4. The Kier molecular flexibility index (Phi) is 5.91. The number of nitrogens with one attached hydrogen (secondary N) is 1. The summed E-state index contributed by atoms with van der Waals surface area (Å²) >= 11 is 0. The van der Waals surface area contributed by atoms with Crippen LogP contribution in [0.1, 0.15) is 30.4 Å². The summed E-state index contributed by atoms with van der Waals surface area (Å²) in [5, 5.41) is 12.7. The van der Waals surface area contributed by atoms with E-state index in [4.69, 9.17) is 0 Å². The molecule has 32 heavy (non-hydrogen) atoms. The molecule has 0 saturated carbocycles. The smallest absolute Gasteiger partial charge is 0.182 e. The maximum Gasteiger partial charge on any atom is 0.182 e. The van der Waals surface area contributed by atoms with Crippen molar-refractivity contribution >= 4 is 17.1 Å². The molecule has 0 aliphatic carbocycles. The quantitative estimate of drug-likeness (QED) is 0.673. The number of piperidine rings is 1. The van der Waals surface area contributed by atoms with Gasteiger partial charge in [-0.1, -0.05) is 19.1 Å². The van der Waals surface area contributed by atoms with Crippen molar-refractivity contribution in [2.75, 3.05) is 32.0 Å². The van der Waals surface area contributed by atoms with Gasteiger partial charge in [0.1, 0.15) is 11.2 Å². The minimum absolute atomic E-state index is 0.0490. The predicted molar refractivity (Wildman–Crippen MR) is 120 cm³/mol. The highest BCUT2D eigenvalue weighted by Crippen LogP contribution is 2.44. The molecule has 0 radical (unpaired) electrons. The fourth-order valence-corrected chi connectivity index (χ4v) is 4.89. The second-order valence-corrected chi connectivity index (χ2v) is 8.96. The van der Waals surface area contributed by atoms with Crippen LogP contribution in [0.2, 0.25) is 0 Å². The molecule has 2 aromatic rings. The Morgan fingerprint density at radius 2 is 1.91 bits per heavy atom. The SMILES string of the molecule is C=C(c1ccc(F)c(F)c1Nc1ccc(C)cc1F)N1CC(C#N)(C2CCCCN2C)C1. The van der Waals surface area contributed by atoms with Crippen LogP contribution in [0, 0.1) is 41.1 Å². The third-order valence-electron chi connectivity index (χ3n) is 6.75. The lowest BCUT2D eigenvalue weighted by Gasteiger charge is -2.54. The Balaban J connectivity index is 1.60. The number of anilines is 2. The molecule has 0 aromatic heterocycles. The molecule has 2 fully saturated rings. The number of aryl methyl sites for hydroxylation is 1. The first kappa shape index (κ1) is 22.2. The lowest BCUT2D eigenvalue weighted by atomic mass is 9.70. The second kappa shape index (κ2) is 8.51. The maximum absolute atomic E-state index is 14.8.